The van der Waals surface area contributed by atoms with Gasteiger partial charge in [-0.2, -0.15) is 11.8 Å². The molecular formula is C16H26FN3S. The molecule has 0 aliphatic heterocycles. The first-order chi connectivity index (χ1) is 10.2. The highest BCUT2D eigenvalue weighted by Crippen LogP contribution is 2.10. The summed E-state index contributed by atoms with van der Waals surface area (Å²) in [7, 11) is 0. The van der Waals surface area contributed by atoms with Crippen LogP contribution < -0.4 is 10.6 Å². The maximum absolute atomic E-state index is 13.1. The van der Waals surface area contributed by atoms with Gasteiger partial charge in [0, 0.05) is 19.6 Å². The summed E-state index contributed by atoms with van der Waals surface area (Å²) in [5.74, 6) is 1.82. The Morgan fingerprint density at radius 2 is 2.14 bits per heavy atom. The molecule has 21 heavy (non-hydrogen) atoms. The molecule has 0 heterocycles. The molecule has 0 unspecified atom stereocenters. The molecule has 2 N–H and O–H groups in total. The van der Waals surface area contributed by atoms with Gasteiger partial charge in [-0.05, 0) is 62.0 Å². The van der Waals surface area contributed by atoms with E-state index < -0.39 is 0 Å². The van der Waals surface area contributed by atoms with Gasteiger partial charge in [-0.3, -0.25) is 4.99 Å². The van der Waals surface area contributed by atoms with Gasteiger partial charge >= 0.3 is 0 Å². The molecule has 0 radical (unpaired) electrons. The van der Waals surface area contributed by atoms with Gasteiger partial charge in [-0.15, -0.1) is 0 Å². The quantitative estimate of drug-likeness (QED) is 0.440. The second kappa shape index (κ2) is 10.5. The molecule has 5 heteroatoms. The Kier molecular flexibility index (Phi) is 8.90. The lowest BCUT2D eigenvalue weighted by Gasteiger charge is -2.12. The number of nitrogens with one attached hydrogen (secondary N) is 2. The van der Waals surface area contributed by atoms with Crippen LogP contribution in [0.15, 0.2) is 23.2 Å². The number of hydrogen-bond acceptors (Lipinski definition) is 2. The highest BCUT2D eigenvalue weighted by atomic mass is 32.2. The summed E-state index contributed by atoms with van der Waals surface area (Å²) >= 11 is 1.84. The van der Waals surface area contributed by atoms with E-state index in [1.807, 2.05) is 24.8 Å². The molecule has 1 aromatic carbocycles. The Hall–Kier alpha value is -1.23. The smallest absolute Gasteiger partial charge is 0.191 e. The van der Waals surface area contributed by atoms with Crippen molar-refractivity contribution in [1.82, 2.24) is 10.6 Å². The Morgan fingerprint density at radius 1 is 1.33 bits per heavy atom. The molecule has 1 rings (SSSR count). The van der Waals surface area contributed by atoms with Crippen LogP contribution in [-0.4, -0.2) is 37.6 Å². The second-order valence-corrected chi connectivity index (χ2v) is 5.84. The zero-order chi connectivity index (χ0) is 15.5. The Balaban J connectivity index is 2.42. The molecule has 0 aliphatic carbocycles. The summed E-state index contributed by atoms with van der Waals surface area (Å²) in [6.45, 7) is 6.49. The van der Waals surface area contributed by atoms with E-state index in [-0.39, 0.29) is 5.82 Å². The first kappa shape index (κ1) is 17.8. The number of rotatable bonds is 8. The molecule has 0 spiro atoms. The number of halogens is 1. The van der Waals surface area contributed by atoms with Crippen LogP contribution in [0.4, 0.5) is 4.39 Å². The van der Waals surface area contributed by atoms with Gasteiger partial charge in [0.1, 0.15) is 5.82 Å². The van der Waals surface area contributed by atoms with E-state index in [4.69, 9.17) is 0 Å². The molecule has 0 bridgehead atoms. The van der Waals surface area contributed by atoms with Crippen molar-refractivity contribution in [3.8, 4) is 0 Å². The molecule has 0 amide bonds. The third kappa shape index (κ3) is 7.37. The van der Waals surface area contributed by atoms with Gasteiger partial charge in [-0.25, -0.2) is 4.39 Å². The van der Waals surface area contributed by atoms with E-state index >= 15 is 0 Å². The van der Waals surface area contributed by atoms with Crippen molar-refractivity contribution in [2.75, 3.05) is 31.6 Å². The van der Waals surface area contributed by atoms with E-state index in [2.05, 4.69) is 28.8 Å². The van der Waals surface area contributed by atoms with Crippen molar-refractivity contribution < 1.29 is 4.39 Å². The van der Waals surface area contributed by atoms with Crippen molar-refractivity contribution in [3.05, 3.63) is 35.1 Å². The minimum absolute atomic E-state index is 0.173. The maximum atomic E-state index is 13.1. The predicted octanol–water partition coefficient (Wildman–Crippen LogP) is 2.98. The normalized spacial score (nSPS) is 11.5. The molecule has 0 atom stereocenters. The summed E-state index contributed by atoms with van der Waals surface area (Å²) in [6, 6.07) is 4.95. The van der Waals surface area contributed by atoms with Gasteiger partial charge in [0.05, 0.1) is 0 Å². The van der Waals surface area contributed by atoms with E-state index in [0.29, 0.717) is 0 Å². The lowest BCUT2D eigenvalue weighted by Crippen LogP contribution is -2.38. The number of hydrogen-bond donors (Lipinski definition) is 2. The number of aliphatic imine (C=N–C) groups is 1. The van der Waals surface area contributed by atoms with E-state index in [0.717, 1.165) is 49.8 Å². The highest BCUT2D eigenvalue weighted by Gasteiger charge is 2.01. The Labute approximate surface area is 131 Å². The average molecular weight is 311 g/mol. The first-order valence-corrected chi connectivity index (χ1v) is 8.83. The minimum Gasteiger partial charge on any atom is -0.357 e. The number of benzene rings is 1. The molecule has 0 saturated heterocycles. The zero-order valence-corrected chi connectivity index (χ0v) is 14.0. The SMILES string of the molecule is CCNC(=NCCCSC)NCCc1ccc(F)cc1C. The molecule has 0 aliphatic rings. The third-order valence-electron chi connectivity index (χ3n) is 3.11. The third-order valence-corrected chi connectivity index (χ3v) is 3.81. The van der Waals surface area contributed by atoms with E-state index in [1.165, 1.54) is 11.6 Å². The van der Waals surface area contributed by atoms with Crippen molar-refractivity contribution in [3.63, 3.8) is 0 Å². The van der Waals surface area contributed by atoms with E-state index in [9.17, 15) is 4.39 Å². The van der Waals surface area contributed by atoms with E-state index in [1.54, 1.807) is 6.07 Å². The van der Waals surface area contributed by atoms with Crippen LogP contribution in [-0.2, 0) is 6.42 Å². The van der Waals surface area contributed by atoms with Gasteiger partial charge in [0.15, 0.2) is 5.96 Å². The van der Waals surface area contributed by atoms with Crippen LogP contribution in [0.2, 0.25) is 0 Å². The molecule has 0 saturated carbocycles. The Morgan fingerprint density at radius 3 is 2.81 bits per heavy atom. The van der Waals surface area contributed by atoms with Crippen LogP contribution >= 0.6 is 11.8 Å². The largest absolute Gasteiger partial charge is 0.357 e. The van der Waals surface area contributed by atoms with Crippen LogP contribution in [0.5, 0.6) is 0 Å². The van der Waals surface area contributed by atoms with Crippen molar-refractivity contribution >= 4 is 17.7 Å². The fourth-order valence-corrected chi connectivity index (χ4v) is 2.41. The summed E-state index contributed by atoms with van der Waals surface area (Å²) < 4.78 is 13.1. The van der Waals surface area contributed by atoms with Gasteiger partial charge < -0.3 is 10.6 Å². The standard InChI is InChI=1S/C16H26FN3S/c1-4-18-16(19-9-5-11-21-3)20-10-8-14-6-7-15(17)12-13(14)2/h6-7,12H,4-5,8-11H2,1-3H3,(H2,18,19,20). The predicted molar refractivity (Wildman–Crippen MR) is 91.8 cm³/mol. The summed E-state index contributed by atoms with van der Waals surface area (Å²) in [5, 5.41) is 6.57. The number of nitrogens with zero attached hydrogens (tertiary/aromatic N) is 1. The van der Waals surface area contributed by atoms with Gasteiger partial charge in [0.25, 0.3) is 0 Å². The van der Waals surface area contributed by atoms with Crippen LogP contribution in [0, 0.1) is 12.7 Å². The van der Waals surface area contributed by atoms with Crippen molar-refractivity contribution in [2.45, 2.75) is 26.7 Å². The molecule has 0 aromatic heterocycles. The molecule has 118 valence electrons. The second-order valence-electron chi connectivity index (χ2n) is 4.85. The lowest BCUT2D eigenvalue weighted by molar-refractivity contribution is 0.625. The monoisotopic (exact) mass is 311 g/mol. The minimum atomic E-state index is -0.173. The van der Waals surface area contributed by atoms with Crippen LogP contribution in [0.25, 0.3) is 0 Å². The summed E-state index contributed by atoms with van der Waals surface area (Å²) in [5.41, 5.74) is 2.17. The van der Waals surface area contributed by atoms with Crippen LogP contribution in [0.3, 0.4) is 0 Å². The topological polar surface area (TPSA) is 36.4 Å². The van der Waals surface area contributed by atoms with Gasteiger partial charge in [-0.1, -0.05) is 6.07 Å². The lowest BCUT2D eigenvalue weighted by atomic mass is 10.1. The number of thioether (sulfide) groups is 1. The summed E-state index contributed by atoms with van der Waals surface area (Å²) in [6.07, 6.45) is 4.06. The Bertz CT molecular complexity index is 449. The number of guanidine groups is 1. The van der Waals surface area contributed by atoms with Crippen molar-refractivity contribution in [1.29, 1.82) is 0 Å². The average Bonchev–Trinajstić information content (AvgIpc) is 2.45. The summed E-state index contributed by atoms with van der Waals surface area (Å²) in [4.78, 5) is 4.54. The highest BCUT2D eigenvalue weighted by molar-refractivity contribution is 7.98. The molecule has 3 nitrogen and oxygen atoms in total. The van der Waals surface area contributed by atoms with Crippen molar-refractivity contribution in [2.24, 2.45) is 4.99 Å². The fourth-order valence-electron chi connectivity index (χ4n) is 2.00. The maximum Gasteiger partial charge on any atom is 0.191 e. The van der Waals surface area contributed by atoms with Crippen LogP contribution in [0.1, 0.15) is 24.5 Å². The zero-order valence-electron chi connectivity index (χ0n) is 13.2. The first-order valence-electron chi connectivity index (χ1n) is 7.43. The molecular weight excluding hydrogens is 285 g/mol. The number of aryl methyl sites for hydroxylation is 1. The molecule has 0 fully saturated rings. The van der Waals surface area contributed by atoms with Gasteiger partial charge in [0.2, 0.25) is 0 Å². The fraction of sp³-hybridized carbons (Fsp3) is 0.562. The molecule has 1 aromatic rings.